The number of fused-ring (bicyclic) bond motifs is 4. The number of carbonyl (C=O) groups excluding carboxylic acids is 4. The molecule has 4 aliphatic heterocycles. The van der Waals surface area contributed by atoms with Crippen LogP contribution < -0.4 is 15.0 Å². The highest BCUT2D eigenvalue weighted by Crippen LogP contribution is 2.41. The van der Waals surface area contributed by atoms with Crippen LogP contribution in [0.15, 0.2) is 67.1 Å². The van der Waals surface area contributed by atoms with Crippen molar-refractivity contribution in [3.05, 3.63) is 83.8 Å². The molecule has 1 N–H and O–H groups in total. The smallest absolute Gasteiger partial charge is 0.421 e. The molecule has 4 amide bonds. The summed E-state index contributed by atoms with van der Waals surface area (Å²) in [5, 5.41) is 4.19. The van der Waals surface area contributed by atoms with Crippen molar-refractivity contribution in [1.82, 2.24) is 29.7 Å². The number of ether oxygens (including phenoxy) is 2. The Morgan fingerprint density at radius 2 is 1.52 bits per heavy atom. The summed E-state index contributed by atoms with van der Waals surface area (Å²) in [6.45, 7) is 4.13. The number of amides is 4. The van der Waals surface area contributed by atoms with E-state index in [1.165, 1.54) is 6.20 Å². The molecule has 0 spiro atoms. The lowest BCUT2D eigenvalue weighted by Crippen LogP contribution is -2.54. The highest BCUT2D eigenvalue weighted by molar-refractivity contribution is 6.23. The Kier molecular flexibility index (Phi) is 10.2. The molecule has 2 aromatic carbocycles. The molecule has 1 atom stereocenters. The van der Waals surface area contributed by atoms with E-state index in [1.54, 1.807) is 24.5 Å². The summed E-state index contributed by atoms with van der Waals surface area (Å²) < 4.78 is 57.6. The zero-order valence-electron chi connectivity index (χ0n) is 34.2. The lowest BCUT2D eigenvalue weighted by atomic mass is 9.81. The molecule has 3 saturated heterocycles. The van der Waals surface area contributed by atoms with Gasteiger partial charge in [-0.15, -0.1) is 0 Å². The second-order valence-electron chi connectivity index (χ2n) is 17.3. The minimum absolute atomic E-state index is 0.0727. The molecule has 5 aliphatic rings. The Bertz CT molecular complexity index is 2610. The minimum Gasteiger partial charge on any atom is -0.474 e. The van der Waals surface area contributed by atoms with Crippen molar-refractivity contribution in [2.75, 3.05) is 37.6 Å². The summed E-state index contributed by atoms with van der Waals surface area (Å²) in [6.07, 6.45) is 5.31. The van der Waals surface area contributed by atoms with Crippen LogP contribution in [0.3, 0.4) is 0 Å². The number of carbonyl (C=O) groups is 4. The van der Waals surface area contributed by atoms with Gasteiger partial charge in [-0.25, -0.2) is 4.98 Å². The van der Waals surface area contributed by atoms with Gasteiger partial charge in [0.2, 0.25) is 17.7 Å². The molecule has 3 aromatic heterocycles. The van der Waals surface area contributed by atoms with Gasteiger partial charge in [-0.05, 0) is 92.8 Å². The highest BCUT2D eigenvalue weighted by Gasteiger charge is 2.45. The summed E-state index contributed by atoms with van der Waals surface area (Å²) in [5.74, 6) is -2.10. The molecule has 1 unspecified atom stereocenters. The number of imide groups is 2. The molecule has 62 heavy (non-hydrogen) atoms. The molecule has 7 heterocycles. The van der Waals surface area contributed by atoms with E-state index < -0.39 is 41.4 Å². The second kappa shape index (κ2) is 15.8. The topological polar surface area (TPSA) is 139 Å². The van der Waals surface area contributed by atoms with E-state index in [1.807, 2.05) is 41.9 Å². The van der Waals surface area contributed by atoms with Crippen LogP contribution in [0.4, 0.5) is 18.9 Å². The number of piperidine rings is 3. The Labute approximate surface area is 355 Å². The van der Waals surface area contributed by atoms with E-state index in [-0.39, 0.29) is 48.2 Å². The first-order chi connectivity index (χ1) is 29.9. The summed E-state index contributed by atoms with van der Waals surface area (Å²) in [4.78, 5) is 64.5. The van der Waals surface area contributed by atoms with Crippen LogP contribution in [0.5, 0.6) is 5.88 Å². The maximum absolute atomic E-state index is 14.4. The fraction of sp³-hybridized carbons (Fsp3) is 0.435. The number of hydrogen-bond acceptors (Lipinski definition) is 10. The predicted octanol–water partition coefficient (Wildman–Crippen LogP) is 6.52. The maximum Gasteiger partial charge on any atom is 0.421 e. The number of rotatable bonds is 9. The number of hydrogen-bond donors (Lipinski definition) is 1. The molecular weight excluding hydrogens is 804 g/mol. The van der Waals surface area contributed by atoms with E-state index in [0.29, 0.717) is 29.9 Å². The average Bonchev–Trinajstić information content (AvgIpc) is 3.68. The van der Waals surface area contributed by atoms with Crippen molar-refractivity contribution >= 4 is 51.1 Å². The number of likely N-dealkylation sites (tertiary alicyclic amines) is 1. The third-order valence-electron chi connectivity index (χ3n) is 13.4. The van der Waals surface area contributed by atoms with E-state index in [0.717, 1.165) is 96.9 Å². The lowest BCUT2D eigenvalue weighted by molar-refractivity contribution is -0.140. The first-order valence-corrected chi connectivity index (χ1v) is 21.4. The third kappa shape index (κ3) is 7.46. The van der Waals surface area contributed by atoms with Crippen LogP contribution in [-0.4, -0.2) is 105 Å². The Morgan fingerprint density at radius 3 is 2.26 bits per heavy atom. The fourth-order valence-electron chi connectivity index (χ4n) is 9.99. The second-order valence-corrected chi connectivity index (χ2v) is 17.3. The highest BCUT2D eigenvalue weighted by atomic mass is 19.4. The minimum atomic E-state index is -4.63. The quantitative estimate of drug-likeness (QED) is 0.163. The summed E-state index contributed by atoms with van der Waals surface area (Å²) in [6, 6.07) is 12.9. The van der Waals surface area contributed by atoms with Gasteiger partial charge in [0.1, 0.15) is 17.7 Å². The van der Waals surface area contributed by atoms with Crippen LogP contribution in [0, 0.1) is 5.92 Å². The summed E-state index contributed by atoms with van der Waals surface area (Å²) in [7, 11) is 1.93. The molecule has 16 heteroatoms. The number of alkyl halides is 3. The van der Waals surface area contributed by atoms with E-state index in [2.05, 4.69) is 25.1 Å². The molecule has 4 fully saturated rings. The zero-order valence-corrected chi connectivity index (χ0v) is 34.2. The number of nitrogens with zero attached hydrogens (tertiary/aromatic N) is 6. The normalized spacial score (nSPS) is 23.0. The number of nitrogens with one attached hydrogen (secondary N) is 1. The van der Waals surface area contributed by atoms with Crippen molar-refractivity contribution < 1.29 is 41.8 Å². The molecule has 0 radical (unpaired) electrons. The standard InChI is InChI=1S/C46H46F3N7O6/c1-53-38-8-13-50-24-36(38)33-4-2-27(21-40(33)53)28-20-37(46(47,48)49)43(51-23-28)62-32-18-26(19-32)25-54-14-9-30(10-15-54)61-31-11-16-55(17-12-31)29-3-5-34-35(22-29)45(60)56(44(34)59)39-6-7-41(57)52-42(39)58/h2-5,8,13,20-24,26,30-32,39H,6-7,9-12,14-19,25H2,1H3,(H,52,57,58). The summed E-state index contributed by atoms with van der Waals surface area (Å²) >= 11 is 0. The first kappa shape index (κ1) is 40.2. The fourth-order valence-corrected chi connectivity index (χ4v) is 9.99. The van der Waals surface area contributed by atoms with Gasteiger partial charge >= 0.3 is 6.18 Å². The van der Waals surface area contributed by atoms with Gasteiger partial charge in [0.05, 0.1) is 28.9 Å². The van der Waals surface area contributed by atoms with Crippen LogP contribution >= 0.6 is 0 Å². The van der Waals surface area contributed by atoms with Crippen LogP contribution in [0.2, 0.25) is 0 Å². The molecule has 322 valence electrons. The lowest BCUT2D eigenvalue weighted by Gasteiger charge is -2.41. The van der Waals surface area contributed by atoms with Gasteiger partial charge in [-0.1, -0.05) is 12.1 Å². The predicted molar refractivity (Wildman–Crippen MR) is 222 cm³/mol. The number of halogens is 3. The molecule has 0 bridgehead atoms. The maximum atomic E-state index is 14.4. The van der Waals surface area contributed by atoms with Crippen LogP contribution in [0.1, 0.15) is 77.6 Å². The Morgan fingerprint density at radius 1 is 0.774 bits per heavy atom. The molecule has 1 saturated carbocycles. The SMILES string of the molecule is Cn1c2ccncc2c2ccc(-c3cnc(OC4CC(CN5CCC(OC6CCN(c7ccc8c(c7)C(=O)N(C7CCC(=O)NC7=O)C8=O)CC6)CC5)C4)c(C(F)(F)F)c3)cc21. The van der Waals surface area contributed by atoms with Crippen molar-refractivity contribution in [3.63, 3.8) is 0 Å². The number of aryl methyl sites for hydroxylation is 1. The van der Waals surface area contributed by atoms with E-state index in [4.69, 9.17) is 9.47 Å². The molecule has 1 aliphatic carbocycles. The van der Waals surface area contributed by atoms with Gasteiger partial charge in [0.15, 0.2) is 0 Å². The van der Waals surface area contributed by atoms with Crippen molar-refractivity contribution in [1.29, 1.82) is 0 Å². The monoisotopic (exact) mass is 849 g/mol. The molecule has 5 aromatic rings. The van der Waals surface area contributed by atoms with Crippen molar-refractivity contribution in [2.24, 2.45) is 13.0 Å². The number of benzene rings is 2. The Balaban J connectivity index is 0.678. The van der Waals surface area contributed by atoms with Gasteiger partial charge < -0.3 is 23.8 Å². The van der Waals surface area contributed by atoms with E-state index >= 15 is 0 Å². The van der Waals surface area contributed by atoms with Crippen LogP contribution in [0.25, 0.3) is 32.9 Å². The van der Waals surface area contributed by atoms with Crippen molar-refractivity contribution in [2.45, 2.75) is 81.9 Å². The first-order valence-electron chi connectivity index (χ1n) is 21.4. The molecule has 10 rings (SSSR count). The van der Waals surface area contributed by atoms with Gasteiger partial charge in [-0.3, -0.25) is 34.4 Å². The van der Waals surface area contributed by atoms with Gasteiger partial charge in [-0.2, -0.15) is 13.2 Å². The zero-order chi connectivity index (χ0) is 42.9. The number of pyridine rings is 2. The molecule has 13 nitrogen and oxygen atoms in total. The summed E-state index contributed by atoms with van der Waals surface area (Å²) in [5.41, 5.74) is 3.41. The van der Waals surface area contributed by atoms with Gasteiger partial charge in [0, 0.05) is 92.3 Å². The van der Waals surface area contributed by atoms with E-state index in [9.17, 15) is 32.3 Å². The number of anilines is 1. The van der Waals surface area contributed by atoms with Crippen molar-refractivity contribution in [3.8, 4) is 17.0 Å². The number of aromatic nitrogens is 3. The third-order valence-corrected chi connectivity index (χ3v) is 13.4. The average molecular weight is 850 g/mol. The largest absolute Gasteiger partial charge is 0.474 e. The van der Waals surface area contributed by atoms with Gasteiger partial charge in [0.25, 0.3) is 11.8 Å². The Hall–Kier alpha value is -5.87. The molecular formula is C46H46F3N7O6. The van der Waals surface area contributed by atoms with Crippen LogP contribution in [-0.2, 0) is 27.5 Å².